The summed E-state index contributed by atoms with van der Waals surface area (Å²) in [5, 5.41) is 4.34. The Bertz CT molecular complexity index is 840. The van der Waals surface area contributed by atoms with Crippen LogP contribution < -0.4 is 0 Å². The molecule has 23 heavy (non-hydrogen) atoms. The Morgan fingerprint density at radius 1 is 1.09 bits per heavy atom. The van der Waals surface area contributed by atoms with E-state index in [9.17, 15) is 0 Å². The molecule has 114 valence electrons. The van der Waals surface area contributed by atoms with Crippen molar-refractivity contribution in [3.8, 4) is 11.1 Å². The standard InChI is InChI=1S/C19H17N3S/c1-21-11-17(15-5-3-2-4-6-15)18(12-21)19(16-7-10-23-13-16)22-9-8-20-14-22/h2-14,19H,1H3. The Labute approximate surface area is 139 Å². The third-order valence-corrected chi connectivity index (χ3v) is 4.75. The molecule has 0 spiro atoms. The summed E-state index contributed by atoms with van der Waals surface area (Å²) in [5.41, 5.74) is 5.08. The zero-order valence-electron chi connectivity index (χ0n) is 12.8. The summed E-state index contributed by atoms with van der Waals surface area (Å²) in [6, 6.07) is 12.9. The van der Waals surface area contributed by atoms with Crippen LogP contribution >= 0.6 is 11.3 Å². The van der Waals surface area contributed by atoms with Crippen LogP contribution in [0.3, 0.4) is 0 Å². The second-order valence-electron chi connectivity index (χ2n) is 5.63. The van der Waals surface area contributed by atoms with Gasteiger partial charge in [-0.25, -0.2) is 4.98 Å². The van der Waals surface area contributed by atoms with Crippen LogP contribution in [0.5, 0.6) is 0 Å². The number of hydrogen-bond donors (Lipinski definition) is 0. The average Bonchev–Trinajstić information content (AvgIpc) is 3.32. The number of imidazole rings is 1. The van der Waals surface area contributed by atoms with Gasteiger partial charge >= 0.3 is 0 Å². The van der Waals surface area contributed by atoms with Crippen molar-refractivity contribution in [3.63, 3.8) is 0 Å². The maximum absolute atomic E-state index is 4.25. The normalized spacial score (nSPS) is 12.4. The van der Waals surface area contributed by atoms with Crippen molar-refractivity contribution < 1.29 is 0 Å². The molecule has 0 saturated heterocycles. The monoisotopic (exact) mass is 319 g/mol. The van der Waals surface area contributed by atoms with Gasteiger partial charge < -0.3 is 9.13 Å². The number of benzene rings is 1. The SMILES string of the molecule is Cn1cc(-c2ccccc2)c(C(c2ccsc2)n2ccnc2)c1. The molecular formula is C19H17N3S. The highest BCUT2D eigenvalue weighted by atomic mass is 32.1. The van der Waals surface area contributed by atoms with E-state index in [1.54, 1.807) is 11.3 Å². The van der Waals surface area contributed by atoms with E-state index < -0.39 is 0 Å². The number of thiophene rings is 1. The summed E-state index contributed by atoms with van der Waals surface area (Å²) in [4.78, 5) is 4.25. The summed E-state index contributed by atoms with van der Waals surface area (Å²) in [7, 11) is 2.08. The summed E-state index contributed by atoms with van der Waals surface area (Å²) < 4.78 is 4.30. The number of rotatable bonds is 4. The van der Waals surface area contributed by atoms with E-state index in [-0.39, 0.29) is 6.04 Å². The Hall–Kier alpha value is -2.59. The molecule has 0 radical (unpaired) electrons. The van der Waals surface area contributed by atoms with Gasteiger partial charge in [-0.15, -0.1) is 0 Å². The van der Waals surface area contributed by atoms with Crippen LogP contribution in [0, 0.1) is 0 Å². The highest BCUT2D eigenvalue weighted by Crippen LogP contribution is 2.35. The van der Waals surface area contributed by atoms with Gasteiger partial charge in [-0.05, 0) is 28.0 Å². The second kappa shape index (κ2) is 5.89. The van der Waals surface area contributed by atoms with Crippen molar-refractivity contribution in [2.75, 3.05) is 0 Å². The minimum absolute atomic E-state index is 0.139. The Kier molecular flexibility index (Phi) is 3.60. The van der Waals surface area contributed by atoms with Gasteiger partial charge in [-0.2, -0.15) is 11.3 Å². The minimum atomic E-state index is 0.139. The van der Waals surface area contributed by atoms with Gasteiger partial charge in [-0.3, -0.25) is 0 Å². The zero-order valence-corrected chi connectivity index (χ0v) is 13.6. The summed E-state index contributed by atoms with van der Waals surface area (Å²) in [5.74, 6) is 0. The third kappa shape index (κ3) is 2.62. The average molecular weight is 319 g/mol. The van der Waals surface area contributed by atoms with Crippen molar-refractivity contribution >= 4 is 11.3 Å². The quantitative estimate of drug-likeness (QED) is 0.539. The fourth-order valence-corrected chi connectivity index (χ4v) is 3.73. The Morgan fingerprint density at radius 2 is 1.96 bits per heavy atom. The van der Waals surface area contributed by atoms with E-state index >= 15 is 0 Å². The lowest BCUT2D eigenvalue weighted by Crippen LogP contribution is -2.10. The first-order chi connectivity index (χ1) is 11.3. The van der Waals surface area contributed by atoms with Gasteiger partial charge in [0.05, 0.1) is 12.4 Å². The first-order valence-corrected chi connectivity index (χ1v) is 8.48. The largest absolute Gasteiger partial charge is 0.356 e. The fourth-order valence-electron chi connectivity index (χ4n) is 3.05. The summed E-state index contributed by atoms with van der Waals surface area (Å²) in [6.07, 6.45) is 10.2. The van der Waals surface area contributed by atoms with Crippen molar-refractivity contribution in [2.24, 2.45) is 7.05 Å². The molecule has 0 saturated carbocycles. The summed E-state index contributed by atoms with van der Waals surface area (Å²) in [6.45, 7) is 0. The third-order valence-electron chi connectivity index (χ3n) is 4.05. The van der Waals surface area contributed by atoms with E-state index in [1.165, 1.54) is 22.3 Å². The molecule has 3 heterocycles. The molecule has 4 rings (SSSR count). The molecule has 0 fully saturated rings. The molecule has 4 aromatic rings. The van der Waals surface area contributed by atoms with Gasteiger partial charge in [0, 0.05) is 43.0 Å². The molecule has 0 aliphatic carbocycles. The topological polar surface area (TPSA) is 22.8 Å². The molecule has 0 bridgehead atoms. The van der Waals surface area contributed by atoms with Gasteiger partial charge in [0.1, 0.15) is 0 Å². The number of hydrogen-bond acceptors (Lipinski definition) is 2. The van der Waals surface area contributed by atoms with Crippen LogP contribution in [0.4, 0.5) is 0 Å². The molecule has 1 unspecified atom stereocenters. The molecule has 3 aromatic heterocycles. The molecular weight excluding hydrogens is 302 g/mol. The van der Waals surface area contributed by atoms with Gasteiger partial charge in [0.15, 0.2) is 0 Å². The number of nitrogens with zero attached hydrogens (tertiary/aromatic N) is 3. The molecule has 3 nitrogen and oxygen atoms in total. The molecule has 1 atom stereocenters. The molecule has 0 aliphatic heterocycles. The van der Waals surface area contributed by atoms with Crippen LogP contribution in [0.25, 0.3) is 11.1 Å². The molecule has 1 aromatic carbocycles. The molecule has 0 N–H and O–H groups in total. The molecule has 0 amide bonds. The molecule has 4 heteroatoms. The van der Waals surface area contributed by atoms with Crippen molar-refractivity contribution in [3.05, 3.63) is 89.4 Å². The van der Waals surface area contributed by atoms with E-state index in [0.717, 1.165) is 0 Å². The smallest absolute Gasteiger partial charge is 0.0954 e. The van der Waals surface area contributed by atoms with Crippen LogP contribution in [0.2, 0.25) is 0 Å². The maximum atomic E-state index is 4.25. The van der Waals surface area contributed by atoms with Crippen molar-refractivity contribution in [1.82, 2.24) is 14.1 Å². The summed E-state index contributed by atoms with van der Waals surface area (Å²) >= 11 is 1.73. The van der Waals surface area contributed by atoms with Crippen LogP contribution in [0.1, 0.15) is 17.2 Å². The van der Waals surface area contributed by atoms with E-state index in [1.807, 2.05) is 18.7 Å². The Balaban J connectivity index is 1.91. The number of aromatic nitrogens is 3. The van der Waals surface area contributed by atoms with Crippen molar-refractivity contribution in [2.45, 2.75) is 6.04 Å². The highest BCUT2D eigenvalue weighted by Gasteiger charge is 2.21. The predicted octanol–water partition coefficient (Wildman–Crippen LogP) is 4.59. The first-order valence-electron chi connectivity index (χ1n) is 7.54. The Morgan fingerprint density at radius 3 is 2.65 bits per heavy atom. The molecule has 0 aliphatic rings. The van der Waals surface area contributed by atoms with Crippen LogP contribution in [-0.2, 0) is 7.05 Å². The van der Waals surface area contributed by atoms with E-state index in [4.69, 9.17) is 0 Å². The van der Waals surface area contributed by atoms with Crippen LogP contribution in [-0.4, -0.2) is 14.1 Å². The highest BCUT2D eigenvalue weighted by molar-refractivity contribution is 7.08. The van der Waals surface area contributed by atoms with Crippen molar-refractivity contribution in [1.29, 1.82) is 0 Å². The van der Waals surface area contributed by atoms with Crippen LogP contribution in [0.15, 0.2) is 78.3 Å². The lowest BCUT2D eigenvalue weighted by molar-refractivity contribution is 0.678. The van der Waals surface area contributed by atoms with Gasteiger partial charge in [0.2, 0.25) is 0 Å². The zero-order chi connectivity index (χ0) is 15.6. The number of aryl methyl sites for hydroxylation is 1. The first kappa shape index (κ1) is 14.0. The van der Waals surface area contributed by atoms with E-state index in [2.05, 4.69) is 80.7 Å². The van der Waals surface area contributed by atoms with Gasteiger partial charge in [-0.1, -0.05) is 30.3 Å². The maximum Gasteiger partial charge on any atom is 0.0954 e. The predicted molar refractivity (Wildman–Crippen MR) is 94.6 cm³/mol. The van der Waals surface area contributed by atoms with Gasteiger partial charge in [0.25, 0.3) is 0 Å². The fraction of sp³-hybridized carbons (Fsp3) is 0.105. The second-order valence-corrected chi connectivity index (χ2v) is 6.41. The lowest BCUT2D eigenvalue weighted by atomic mass is 9.96. The lowest BCUT2D eigenvalue weighted by Gasteiger charge is -2.19. The van der Waals surface area contributed by atoms with E-state index in [0.29, 0.717) is 0 Å². The minimum Gasteiger partial charge on any atom is -0.356 e.